The summed E-state index contributed by atoms with van der Waals surface area (Å²) < 4.78 is 17.5. The number of rotatable bonds is 7. The van der Waals surface area contributed by atoms with Crippen molar-refractivity contribution < 1.29 is 18.8 Å². The van der Waals surface area contributed by atoms with Gasteiger partial charge in [-0.1, -0.05) is 16.8 Å². The van der Waals surface area contributed by atoms with E-state index in [0.29, 0.717) is 29.7 Å². The molecule has 2 heterocycles. The van der Waals surface area contributed by atoms with E-state index in [1.807, 2.05) is 61.7 Å². The lowest BCUT2D eigenvalue weighted by Gasteiger charge is -2.08. The van der Waals surface area contributed by atoms with Crippen molar-refractivity contribution in [2.24, 2.45) is 0 Å². The van der Waals surface area contributed by atoms with Crippen LogP contribution in [0.5, 0.6) is 5.75 Å². The fraction of sp³-hybridized carbons (Fsp3) is 0.217. The summed E-state index contributed by atoms with van der Waals surface area (Å²) in [6.45, 7) is 4.51. The Bertz CT molecular complexity index is 1180. The maximum atomic E-state index is 11.8. The molecule has 2 aromatic heterocycles. The summed E-state index contributed by atoms with van der Waals surface area (Å²) in [5.74, 6) is 1.21. The van der Waals surface area contributed by atoms with Crippen LogP contribution in [-0.4, -0.2) is 17.7 Å². The molecule has 0 atom stereocenters. The van der Waals surface area contributed by atoms with Gasteiger partial charge in [0.25, 0.3) is 0 Å². The van der Waals surface area contributed by atoms with Gasteiger partial charge >= 0.3 is 5.97 Å². The van der Waals surface area contributed by atoms with E-state index in [4.69, 9.17) is 25.6 Å². The molecule has 0 aliphatic carbocycles. The van der Waals surface area contributed by atoms with Crippen molar-refractivity contribution in [2.75, 3.05) is 6.61 Å². The summed E-state index contributed by atoms with van der Waals surface area (Å²) in [5.41, 5.74) is 3.65. The van der Waals surface area contributed by atoms with Crippen molar-refractivity contribution >= 4 is 39.0 Å². The van der Waals surface area contributed by atoms with Crippen LogP contribution in [0.4, 0.5) is 0 Å². The molecule has 0 amide bonds. The number of halogens is 1. The number of fused-ring (bicyclic) bond motifs is 1. The number of aromatic nitrogens is 1. The fourth-order valence-corrected chi connectivity index (χ4v) is 4.48. The van der Waals surface area contributed by atoms with Gasteiger partial charge in [-0.2, -0.15) is 0 Å². The van der Waals surface area contributed by atoms with Crippen molar-refractivity contribution in [1.29, 1.82) is 0 Å². The van der Waals surface area contributed by atoms with Gasteiger partial charge in [-0.25, -0.2) is 0 Å². The Kier molecular flexibility index (Phi) is 6.06. The smallest absolute Gasteiger partial charge is 0.310 e. The van der Waals surface area contributed by atoms with Gasteiger partial charge in [0.2, 0.25) is 0 Å². The second-order valence-electron chi connectivity index (χ2n) is 6.83. The van der Waals surface area contributed by atoms with E-state index in [-0.39, 0.29) is 12.4 Å². The number of aryl methyl sites for hydroxylation is 1. The zero-order valence-corrected chi connectivity index (χ0v) is 18.2. The SMILES string of the molecule is CCOC(=O)Cc1csc2cc(OCc3cc(-c4ccc(Cl)cc4)on3)cc(C)c12. The molecule has 30 heavy (non-hydrogen) atoms. The molecular formula is C23H20ClNO4S. The second kappa shape index (κ2) is 8.90. The van der Waals surface area contributed by atoms with Gasteiger partial charge in [0.05, 0.1) is 13.0 Å². The van der Waals surface area contributed by atoms with Crippen molar-refractivity contribution in [2.45, 2.75) is 26.9 Å². The summed E-state index contributed by atoms with van der Waals surface area (Å²) in [4.78, 5) is 11.8. The van der Waals surface area contributed by atoms with E-state index < -0.39 is 0 Å². The first-order valence-corrected chi connectivity index (χ1v) is 10.8. The summed E-state index contributed by atoms with van der Waals surface area (Å²) in [6, 6.07) is 13.2. The molecule has 0 radical (unpaired) electrons. The van der Waals surface area contributed by atoms with E-state index in [1.165, 1.54) is 0 Å². The average Bonchev–Trinajstić information content (AvgIpc) is 3.35. The first-order valence-electron chi connectivity index (χ1n) is 9.54. The van der Waals surface area contributed by atoms with Gasteiger partial charge in [-0.15, -0.1) is 11.3 Å². The highest BCUT2D eigenvalue weighted by molar-refractivity contribution is 7.17. The third-order valence-corrected chi connectivity index (χ3v) is 5.87. The molecule has 0 unspecified atom stereocenters. The van der Waals surface area contributed by atoms with Crippen molar-refractivity contribution in [3.63, 3.8) is 0 Å². The lowest BCUT2D eigenvalue weighted by atomic mass is 10.1. The first-order chi connectivity index (χ1) is 14.5. The largest absolute Gasteiger partial charge is 0.487 e. The van der Waals surface area contributed by atoms with E-state index in [9.17, 15) is 4.79 Å². The van der Waals surface area contributed by atoms with E-state index >= 15 is 0 Å². The Morgan fingerprint density at radius 3 is 2.77 bits per heavy atom. The molecule has 154 valence electrons. The number of nitrogens with zero attached hydrogens (tertiary/aromatic N) is 1. The van der Waals surface area contributed by atoms with Crippen molar-refractivity contribution in [3.8, 4) is 17.1 Å². The summed E-state index contributed by atoms with van der Waals surface area (Å²) in [6.07, 6.45) is 0.279. The standard InChI is InChI=1S/C23H20ClNO4S/c1-3-27-22(26)9-16-13-30-21-11-19(8-14(2)23(16)21)28-12-18-10-20(29-25-18)15-4-6-17(24)7-5-15/h4-8,10-11,13H,3,9,12H2,1-2H3. The first kappa shape index (κ1) is 20.4. The van der Waals surface area contributed by atoms with Crippen LogP contribution < -0.4 is 4.74 Å². The lowest BCUT2D eigenvalue weighted by molar-refractivity contribution is -0.142. The van der Waals surface area contributed by atoms with Crippen LogP contribution >= 0.6 is 22.9 Å². The maximum Gasteiger partial charge on any atom is 0.310 e. The predicted molar refractivity (Wildman–Crippen MR) is 118 cm³/mol. The summed E-state index contributed by atoms with van der Waals surface area (Å²) >= 11 is 7.52. The van der Waals surface area contributed by atoms with Gasteiger partial charge in [0, 0.05) is 21.4 Å². The predicted octanol–water partition coefficient (Wildman–Crippen LogP) is 6.20. The fourth-order valence-electron chi connectivity index (χ4n) is 3.29. The van der Waals surface area contributed by atoms with Crippen LogP contribution in [-0.2, 0) is 22.6 Å². The number of esters is 1. The molecule has 4 aromatic rings. The quantitative estimate of drug-likeness (QED) is 0.319. The Morgan fingerprint density at radius 2 is 2.00 bits per heavy atom. The van der Waals surface area contributed by atoms with Crippen LogP contribution in [0.2, 0.25) is 5.02 Å². The van der Waals surface area contributed by atoms with Crippen molar-refractivity contribution in [1.82, 2.24) is 5.16 Å². The molecule has 0 N–H and O–H groups in total. The normalized spacial score (nSPS) is 11.0. The highest BCUT2D eigenvalue weighted by Crippen LogP contribution is 2.33. The minimum absolute atomic E-state index is 0.209. The molecule has 4 rings (SSSR count). The summed E-state index contributed by atoms with van der Waals surface area (Å²) in [7, 11) is 0. The third-order valence-electron chi connectivity index (χ3n) is 4.64. The Labute approximate surface area is 183 Å². The van der Waals surface area contributed by atoms with Gasteiger partial charge < -0.3 is 14.0 Å². The topological polar surface area (TPSA) is 61.6 Å². The van der Waals surface area contributed by atoms with Gasteiger partial charge in [-0.3, -0.25) is 4.79 Å². The second-order valence-corrected chi connectivity index (χ2v) is 8.18. The highest BCUT2D eigenvalue weighted by atomic mass is 35.5. The Balaban J connectivity index is 1.47. The Hall–Kier alpha value is -2.83. The molecule has 0 bridgehead atoms. The number of benzene rings is 2. The molecule has 0 saturated carbocycles. The van der Waals surface area contributed by atoms with Crippen LogP contribution in [0, 0.1) is 6.92 Å². The molecule has 0 aliphatic rings. The maximum absolute atomic E-state index is 11.8. The molecule has 0 spiro atoms. The number of thiophene rings is 1. The lowest BCUT2D eigenvalue weighted by Crippen LogP contribution is -2.07. The van der Waals surface area contributed by atoms with Crippen LogP contribution in [0.3, 0.4) is 0 Å². The van der Waals surface area contributed by atoms with Crippen molar-refractivity contribution in [3.05, 3.63) is 69.7 Å². The van der Waals surface area contributed by atoms with Crippen LogP contribution in [0.25, 0.3) is 21.4 Å². The van der Waals surface area contributed by atoms with E-state index in [0.717, 1.165) is 32.5 Å². The van der Waals surface area contributed by atoms with Gasteiger partial charge in [-0.05, 0) is 72.1 Å². The molecule has 2 aromatic carbocycles. The van der Waals surface area contributed by atoms with E-state index in [1.54, 1.807) is 11.3 Å². The zero-order valence-electron chi connectivity index (χ0n) is 16.6. The van der Waals surface area contributed by atoms with Crippen LogP contribution in [0.15, 0.2) is 52.4 Å². The molecule has 7 heteroatoms. The molecule has 0 saturated heterocycles. The average molecular weight is 442 g/mol. The molecule has 0 fully saturated rings. The zero-order chi connectivity index (χ0) is 21.1. The van der Waals surface area contributed by atoms with E-state index in [2.05, 4.69) is 5.16 Å². The Morgan fingerprint density at radius 1 is 1.20 bits per heavy atom. The minimum atomic E-state index is -0.209. The molecule has 5 nitrogen and oxygen atoms in total. The number of ether oxygens (including phenoxy) is 2. The van der Waals surface area contributed by atoms with Gasteiger partial charge in [0.1, 0.15) is 18.1 Å². The van der Waals surface area contributed by atoms with Gasteiger partial charge in [0.15, 0.2) is 5.76 Å². The number of hydrogen-bond acceptors (Lipinski definition) is 6. The number of carbonyl (C=O) groups is 1. The summed E-state index contributed by atoms with van der Waals surface area (Å²) in [5, 5.41) is 7.86. The monoisotopic (exact) mass is 441 g/mol. The number of carbonyl (C=O) groups excluding carboxylic acids is 1. The van der Waals surface area contributed by atoms with Crippen LogP contribution in [0.1, 0.15) is 23.7 Å². The molecular weight excluding hydrogens is 422 g/mol. The highest BCUT2D eigenvalue weighted by Gasteiger charge is 2.14. The minimum Gasteiger partial charge on any atom is -0.487 e. The molecule has 0 aliphatic heterocycles. The third kappa shape index (κ3) is 4.50. The number of hydrogen-bond donors (Lipinski definition) is 0.